The van der Waals surface area contributed by atoms with Gasteiger partial charge in [-0.2, -0.15) is 26.3 Å². The molecular weight excluding hydrogens is 320 g/mol. The van der Waals surface area contributed by atoms with E-state index >= 15 is 0 Å². The second kappa shape index (κ2) is 7.65. The molecule has 0 aliphatic rings. The second-order valence-electron chi connectivity index (χ2n) is 4.75. The summed E-state index contributed by atoms with van der Waals surface area (Å²) in [6, 6.07) is 0. The van der Waals surface area contributed by atoms with Gasteiger partial charge in [-0.15, -0.1) is 0 Å². The lowest BCUT2D eigenvalue weighted by atomic mass is 10.4. The lowest BCUT2D eigenvalue weighted by Crippen LogP contribution is -2.44. The topological polar surface area (TPSA) is 43.9 Å². The van der Waals surface area contributed by atoms with Crippen molar-refractivity contribution in [1.82, 2.24) is 14.7 Å². The van der Waals surface area contributed by atoms with Crippen LogP contribution in [0.5, 0.6) is 0 Å². The maximum atomic E-state index is 12.1. The molecular formula is C11H17F6N3O2. The van der Waals surface area contributed by atoms with Crippen molar-refractivity contribution < 1.29 is 35.9 Å². The van der Waals surface area contributed by atoms with Gasteiger partial charge in [0.25, 0.3) is 0 Å². The number of nitrogens with zero attached hydrogens (tertiary/aromatic N) is 3. The van der Waals surface area contributed by atoms with Crippen LogP contribution in [0, 0.1) is 0 Å². The van der Waals surface area contributed by atoms with Gasteiger partial charge < -0.3 is 14.7 Å². The van der Waals surface area contributed by atoms with E-state index in [1.54, 1.807) is 0 Å². The average molecular weight is 337 g/mol. The van der Waals surface area contributed by atoms with Gasteiger partial charge in [-0.25, -0.2) is 0 Å². The molecule has 0 aromatic rings. The van der Waals surface area contributed by atoms with Gasteiger partial charge in [-0.3, -0.25) is 9.59 Å². The van der Waals surface area contributed by atoms with Crippen molar-refractivity contribution in [2.24, 2.45) is 0 Å². The molecule has 0 radical (unpaired) electrons. The lowest BCUT2D eigenvalue weighted by molar-refractivity contribution is -0.184. The molecule has 0 aromatic heterocycles. The van der Waals surface area contributed by atoms with E-state index in [0.29, 0.717) is 9.80 Å². The SMILES string of the molecule is CN(CCN(C)C(=O)C(F)(F)F)CCN(C)C(=O)C(F)(F)F. The molecule has 0 saturated heterocycles. The van der Waals surface area contributed by atoms with E-state index in [9.17, 15) is 35.9 Å². The van der Waals surface area contributed by atoms with Gasteiger partial charge in [-0.05, 0) is 7.05 Å². The van der Waals surface area contributed by atoms with Crippen LogP contribution in [0.25, 0.3) is 0 Å². The molecule has 5 nitrogen and oxygen atoms in total. The van der Waals surface area contributed by atoms with Gasteiger partial charge in [0.2, 0.25) is 0 Å². The van der Waals surface area contributed by atoms with Crippen molar-refractivity contribution in [1.29, 1.82) is 0 Å². The molecule has 0 saturated carbocycles. The van der Waals surface area contributed by atoms with Crippen LogP contribution in [0.3, 0.4) is 0 Å². The quantitative estimate of drug-likeness (QED) is 0.678. The molecule has 0 aromatic carbocycles. The zero-order chi connectivity index (χ0) is 17.7. The minimum absolute atomic E-state index is 0.0202. The van der Waals surface area contributed by atoms with E-state index in [4.69, 9.17) is 0 Å². The van der Waals surface area contributed by atoms with Gasteiger partial charge in [0.15, 0.2) is 0 Å². The Morgan fingerprint density at radius 2 is 0.955 bits per heavy atom. The number of amides is 2. The third kappa shape index (κ3) is 6.96. The van der Waals surface area contributed by atoms with E-state index in [1.807, 2.05) is 0 Å². The van der Waals surface area contributed by atoms with Crippen LogP contribution in [-0.2, 0) is 9.59 Å². The summed E-state index contributed by atoms with van der Waals surface area (Å²) in [5, 5.41) is 0. The molecule has 0 spiro atoms. The molecule has 130 valence electrons. The number of likely N-dealkylation sites (N-methyl/N-ethyl adjacent to an activating group) is 3. The van der Waals surface area contributed by atoms with Crippen molar-refractivity contribution in [2.75, 3.05) is 47.3 Å². The third-order valence-electron chi connectivity index (χ3n) is 2.81. The molecule has 0 aliphatic heterocycles. The predicted octanol–water partition coefficient (Wildman–Crippen LogP) is 0.960. The number of carbonyl (C=O) groups excluding carboxylic acids is 2. The first-order valence-corrected chi connectivity index (χ1v) is 6.10. The van der Waals surface area contributed by atoms with Crippen LogP contribution >= 0.6 is 0 Å². The Morgan fingerprint density at radius 3 is 1.18 bits per heavy atom. The molecule has 0 heterocycles. The number of halogens is 6. The van der Waals surface area contributed by atoms with Crippen LogP contribution in [0.1, 0.15) is 0 Å². The van der Waals surface area contributed by atoms with E-state index in [2.05, 4.69) is 0 Å². The lowest BCUT2D eigenvalue weighted by Gasteiger charge is -2.25. The van der Waals surface area contributed by atoms with Gasteiger partial charge >= 0.3 is 24.2 Å². The molecule has 0 fully saturated rings. The van der Waals surface area contributed by atoms with Crippen molar-refractivity contribution in [3.05, 3.63) is 0 Å². The molecule has 0 rings (SSSR count). The van der Waals surface area contributed by atoms with Crippen LogP contribution in [-0.4, -0.2) is 86.2 Å². The maximum Gasteiger partial charge on any atom is 0.471 e. The molecule has 0 bridgehead atoms. The fourth-order valence-electron chi connectivity index (χ4n) is 1.39. The largest absolute Gasteiger partial charge is 0.471 e. The first-order valence-electron chi connectivity index (χ1n) is 6.10. The number of hydrogen-bond donors (Lipinski definition) is 0. The van der Waals surface area contributed by atoms with Gasteiger partial charge in [0, 0.05) is 40.3 Å². The molecule has 11 heteroatoms. The van der Waals surface area contributed by atoms with Crippen LogP contribution < -0.4 is 0 Å². The summed E-state index contributed by atoms with van der Waals surface area (Å²) in [6.07, 6.45) is -9.93. The second-order valence-corrected chi connectivity index (χ2v) is 4.75. The predicted molar refractivity (Wildman–Crippen MR) is 64.9 cm³/mol. The minimum atomic E-state index is -4.97. The smallest absolute Gasteiger partial charge is 0.337 e. The summed E-state index contributed by atoms with van der Waals surface area (Å²) in [4.78, 5) is 24.1. The summed E-state index contributed by atoms with van der Waals surface area (Å²) < 4.78 is 72.7. The number of hydrogen-bond acceptors (Lipinski definition) is 3. The summed E-state index contributed by atoms with van der Waals surface area (Å²) in [5.41, 5.74) is 0. The van der Waals surface area contributed by atoms with E-state index in [-0.39, 0.29) is 26.2 Å². The first-order chi connectivity index (χ1) is 9.76. The molecule has 0 atom stereocenters. The highest BCUT2D eigenvalue weighted by atomic mass is 19.4. The van der Waals surface area contributed by atoms with Crippen LogP contribution in [0.2, 0.25) is 0 Å². The van der Waals surface area contributed by atoms with Crippen molar-refractivity contribution in [3.63, 3.8) is 0 Å². The minimum Gasteiger partial charge on any atom is -0.337 e. The highest BCUT2D eigenvalue weighted by Gasteiger charge is 2.41. The highest BCUT2D eigenvalue weighted by molar-refractivity contribution is 5.82. The van der Waals surface area contributed by atoms with Crippen molar-refractivity contribution in [3.8, 4) is 0 Å². The van der Waals surface area contributed by atoms with E-state index in [1.165, 1.54) is 11.9 Å². The third-order valence-corrected chi connectivity index (χ3v) is 2.81. The van der Waals surface area contributed by atoms with Gasteiger partial charge in [0.1, 0.15) is 0 Å². The van der Waals surface area contributed by atoms with E-state index in [0.717, 1.165) is 14.1 Å². The number of rotatable bonds is 6. The monoisotopic (exact) mass is 337 g/mol. The molecule has 22 heavy (non-hydrogen) atoms. The summed E-state index contributed by atoms with van der Waals surface area (Å²) in [6.45, 7) is -0.448. The standard InChI is InChI=1S/C11H17F6N3O2/c1-18(4-6-19(2)8(21)10(12,13)14)5-7-20(3)9(22)11(15,16)17/h4-7H2,1-3H3. The Kier molecular flexibility index (Phi) is 7.13. The van der Waals surface area contributed by atoms with Crippen molar-refractivity contribution in [2.45, 2.75) is 12.4 Å². The highest BCUT2D eigenvalue weighted by Crippen LogP contribution is 2.18. The number of alkyl halides is 6. The molecule has 0 N–H and O–H groups in total. The first kappa shape index (κ1) is 20.5. The fourth-order valence-corrected chi connectivity index (χ4v) is 1.39. The molecule has 2 amide bonds. The Morgan fingerprint density at radius 1 is 0.682 bits per heavy atom. The maximum absolute atomic E-state index is 12.1. The zero-order valence-electron chi connectivity index (χ0n) is 12.3. The van der Waals surface area contributed by atoms with Gasteiger partial charge in [0.05, 0.1) is 0 Å². The summed E-state index contributed by atoms with van der Waals surface area (Å²) >= 11 is 0. The summed E-state index contributed by atoms with van der Waals surface area (Å²) in [5.74, 6) is -3.99. The van der Waals surface area contributed by atoms with E-state index < -0.39 is 24.2 Å². The molecule has 0 aliphatic carbocycles. The van der Waals surface area contributed by atoms with Crippen LogP contribution in [0.4, 0.5) is 26.3 Å². The Labute approximate surface area is 123 Å². The van der Waals surface area contributed by atoms with Gasteiger partial charge in [-0.1, -0.05) is 0 Å². The van der Waals surface area contributed by atoms with Crippen LogP contribution in [0.15, 0.2) is 0 Å². The zero-order valence-corrected chi connectivity index (χ0v) is 12.3. The average Bonchev–Trinajstić information content (AvgIpc) is 2.38. The Bertz CT molecular complexity index is 360. The number of carbonyl (C=O) groups is 2. The Hall–Kier alpha value is -1.52. The van der Waals surface area contributed by atoms with Crippen molar-refractivity contribution >= 4 is 11.8 Å². The molecule has 0 unspecified atom stereocenters. The normalized spacial score (nSPS) is 12.5. The Balaban J connectivity index is 4.19. The summed E-state index contributed by atoms with van der Waals surface area (Å²) in [7, 11) is 3.41. The fraction of sp³-hybridized carbons (Fsp3) is 0.818.